The summed E-state index contributed by atoms with van der Waals surface area (Å²) < 4.78 is 1.23. The zero-order chi connectivity index (χ0) is 20.3. The van der Waals surface area contributed by atoms with Crippen LogP contribution >= 0.6 is 0 Å². The number of aromatic nitrogens is 2. The molecule has 2 fully saturated rings. The quantitative estimate of drug-likeness (QED) is 0.805. The Labute approximate surface area is 164 Å². The maximum atomic E-state index is 12.8. The summed E-state index contributed by atoms with van der Waals surface area (Å²) in [6.45, 7) is 7.00. The minimum Gasteiger partial charge on any atom is -0.342 e. The fourth-order valence-electron chi connectivity index (χ4n) is 4.29. The van der Waals surface area contributed by atoms with Gasteiger partial charge in [-0.05, 0) is 31.6 Å². The van der Waals surface area contributed by atoms with Gasteiger partial charge in [0.15, 0.2) is 0 Å². The molecule has 3 rings (SSSR count). The fraction of sp³-hybridized carbons (Fsp3) is 0.700. The van der Waals surface area contributed by atoms with Crippen molar-refractivity contribution in [3.05, 3.63) is 33.1 Å². The molecule has 2 saturated heterocycles. The van der Waals surface area contributed by atoms with E-state index in [1.807, 2.05) is 9.80 Å². The molecule has 0 unspecified atom stereocenters. The van der Waals surface area contributed by atoms with Crippen LogP contribution in [0.1, 0.15) is 46.0 Å². The molecule has 0 aliphatic carbocycles. The zero-order valence-electron chi connectivity index (χ0n) is 16.8. The third-order valence-corrected chi connectivity index (χ3v) is 5.94. The van der Waals surface area contributed by atoms with Crippen molar-refractivity contribution in [2.75, 3.05) is 26.2 Å². The van der Waals surface area contributed by atoms with Gasteiger partial charge in [0.05, 0.1) is 0 Å². The van der Waals surface area contributed by atoms with Gasteiger partial charge in [-0.1, -0.05) is 13.8 Å². The summed E-state index contributed by atoms with van der Waals surface area (Å²) in [5, 5.41) is 0. The van der Waals surface area contributed by atoms with Crippen LogP contribution in [-0.4, -0.2) is 57.3 Å². The number of H-pyrrole nitrogens is 1. The SMILES string of the molecule is CC(C)CCN1C[C@]2(CCCN(C(=O)Cn3ccc(=O)[nH]c3=O)C2)CCC1=O. The maximum Gasteiger partial charge on any atom is 0.328 e. The average Bonchev–Trinajstić information content (AvgIpc) is 2.65. The Hall–Kier alpha value is -2.38. The first-order valence-electron chi connectivity index (χ1n) is 10.1. The van der Waals surface area contributed by atoms with Gasteiger partial charge in [0.25, 0.3) is 5.56 Å². The van der Waals surface area contributed by atoms with E-state index in [9.17, 15) is 19.2 Å². The number of hydrogen-bond donors (Lipinski definition) is 1. The molecule has 1 aromatic rings. The van der Waals surface area contributed by atoms with Crippen LogP contribution in [0, 0.1) is 11.3 Å². The van der Waals surface area contributed by atoms with Crippen LogP contribution in [0.2, 0.25) is 0 Å². The molecule has 0 radical (unpaired) electrons. The topological polar surface area (TPSA) is 95.5 Å². The highest BCUT2D eigenvalue weighted by molar-refractivity contribution is 5.78. The van der Waals surface area contributed by atoms with Gasteiger partial charge >= 0.3 is 5.69 Å². The molecule has 1 aromatic heterocycles. The van der Waals surface area contributed by atoms with Gasteiger partial charge in [0, 0.05) is 50.3 Å². The molecule has 0 bridgehead atoms. The number of piperidine rings is 2. The Morgan fingerprint density at radius 1 is 1.21 bits per heavy atom. The number of amides is 2. The summed E-state index contributed by atoms with van der Waals surface area (Å²) in [4.78, 5) is 54.1. The molecule has 28 heavy (non-hydrogen) atoms. The normalized spacial score (nSPS) is 22.9. The van der Waals surface area contributed by atoms with Crippen LogP contribution in [0.4, 0.5) is 0 Å². The van der Waals surface area contributed by atoms with Gasteiger partial charge in [-0.25, -0.2) is 4.79 Å². The highest BCUT2D eigenvalue weighted by Gasteiger charge is 2.42. The predicted octanol–water partition coefficient (Wildman–Crippen LogP) is 0.814. The van der Waals surface area contributed by atoms with Gasteiger partial charge in [0.2, 0.25) is 11.8 Å². The first kappa shape index (κ1) is 20.4. The molecule has 2 aliphatic heterocycles. The lowest BCUT2D eigenvalue weighted by atomic mass is 9.73. The Bertz CT molecular complexity index is 843. The van der Waals surface area contributed by atoms with Crippen LogP contribution in [0.5, 0.6) is 0 Å². The van der Waals surface area contributed by atoms with E-state index in [4.69, 9.17) is 0 Å². The molecule has 8 heteroatoms. The zero-order valence-corrected chi connectivity index (χ0v) is 16.8. The molecule has 1 N–H and O–H groups in total. The average molecular weight is 390 g/mol. The van der Waals surface area contributed by atoms with Gasteiger partial charge in [-0.15, -0.1) is 0 Å². The predicted molar refractivity (Wildman–Crippen MR) is 105 cm³/mol. The first-order valence-corrected chi connectivity index (χ1v) is 10.1. The van der Waals surface area contributed by atoms with E-state index in [-0.39, 0.29) is 23.8 Å². The van der Waals surface area contributed by atoms with Crippen molar-refractivity contribution in [2.24, 2.45) is 11.3 Å². The molecule has 2 amide bonds. The molecular weight excluding hydrogens is 360 g/mol. The summed E-state index contributed by atoms with van der Waals surface area (Å²) >= 11 is 0. The van der Waals surface area contributed by atoms with E-state index in [1.54, 1.807) is 0 Å². The van der Waals surface area contributed by atoms with E-state index < -0.39 is 11.2 Å². The number of hydrogen-bond acceptors (Lipinski definition) is 4. The molecule has 0 aromatic carbocycles. The molecule has 8 nitrogen and oxygen atoms in total. The Morgan fingerprint density at radius 2 is 2.00 bits per heavy atom. The molecule has 1 atom stereocenters. The lowest BCUT2D eigenvalue weighted by Crippen LogP contribution is -2.55. The van der Waals surface area contributed by atoms with E-state index in [0.29, 0.717) is 32.0 Å². The van der Waals surface area contributed by atoms with E-state index in [2.05, 4.69) is 18.8 Å². The summed E-state index contributed by atoms with van der Waals surface area (Å²) in [6.07, 6.45) is 5.61. The fourth-order valence-corrected chi connectivity index (χ4v) is 4.29. The van der Waals surface area contributed by atoms with E-state index in [1.165, 1.54) is 16.8 Å². The van der Waals surface area contributed by atoms with Crippen LogP contribution < -0.4 is 11.2 Å². The van der Waals surface area contributed by atoms with Crippen LogP contribution in [-0.2, 0) is 16.1 Å². The Kier molecular flexibility index (Phi) is 6.05. The highest BCUT2D eigenvalue weighted by Crippen LogP contribution is 2.39. The number of aromatic amines is 1. The van der Waals surface area contributed by atoms with Crippen LogP contribution in [0.25, 0.3) is 0 Å². The third kappa shape index (κ3) is 4.72. The van der Waals surface area contributed by atoms with Crippen LogP contribution in [0.15, 0.2) is 21.9 Å². The third-order valence-electron chi connectivity index (χ3n) is 5.94. The summed E-state index contributed by atoms with van der Waals surface area (Å²) in [6, 6.07) is 1.24. The van der Waals surface area contributed by atoms with Gasteiger partial charge < -0.3 is 9.80 Å². The molecular formula is C20H30N4O4. The van der Waals surface area contributed by atoms with Crippen molar-refractivity contribution in [1.29, 1.82) is 0 Å². The van der Waals surface area contributed by atoms with Crippen molar-refractivity contribution in [3.8, 4) is 0 Å². The van der Waals surface area contributed by atoms with Crippen molar-refractivity contribution in [3.63, 3.8) is 0 Å². The second-order valence-electron chi connectivity index (χ2n) is 8.65. The Balaban J connectivity index is 1.67. The minimum atomic E-state index is -0.573. The maximum absolute atomic E-state index is 12.8. The lowest BCUT2D eigenvalue weighted by molar-refractivity contribution is -0.143. The number of carbonyl (C=O) groups is 2. The minimum absolute atomic E-state index is 0.0469. The van der Waals surface area contributed by atoms with Crippen molar-refractivity contribution < 1.29 is 9.59 Å². The largest absolute Gasteiger partial charge is 0.342 e. The summed E-state index contributed by atoms with van der Waals surface area (Å²) in [7, 11) is 0. The van der Waals surface area contributed by atoms with Crippen molar-refractivity contribution in [2.45, 2.75) is 52.5 Å². The molecule has 154 valence electrons. The van der Waals surface area contributed by atoms with Crippen molar-refractivity contribution >= 4 is 11.8 Å². The van der Waals surface area contributed by atoms with Gasteiger partial charge in [-0.2, -0.15) is 0 Å². The lowest BCUT2D eigenvalue weighted by Gasteiger charge is -2.48. The molecule has 3 heterocycles. The second-order valence-corrected chi connectivity index (χ2v) is 8.65. The first-order chi connectivity index (χ1) is 13.3. The number of carbonyl (C=O) groups excluding carboxylic acids is 2. The molecule has 0 saturated carbocycles. The summed E-state index contributed by atoms with van der Waals surface area (Å²) in [5.41, 5.74) is -1.09. The second kappa shape index (κ2) is 8.32. The van der Waals surface area contributed by atoms with Gasteiger partial charge in [0.1, 0.15) is 6.54 Å². The van der Waals surface area contributed by atoms with E-state index >= 15 is 0 Å². The molecule has 2 aliphatic rings. The number of nitrogens with zero attached hydrogens (tertiary/aromatic N) is 3. The molecule has 1 spiro atoms. The van der Waals surface area contributed by atoms with Crippen LogP contribution in [0.3, 0.4) is 0 Å². The monoisotopic (exact) mass is 390 g/mol. The van der Waals surface area contributed by atoms with Crippen molar-refractivity contribution in [1.82, 2.24) is 19.4 Å². The van der Waals surface area contributed by atoms with Gasteiger partial charge in [-0.3, -0.25) is 23.9 Å². The number of rotatable bonds is 5. The Morgan fingerprint density at radius 3 is 2.71 bits per heavy atom. The smallest absolute Gasteiger partial charge is 0.328 e. The summed E-state index contributed by atoms with van der Waals surface area (Å²) in [5.74, 6) is 0.638. The number of nitrogens with one attached hydrogen (secondary N) is 1. The highest BCUT2D eigenvalue weighted by atomic mass is 16.2. The number of likely N-dealkylation sites (tertiary alicyclic amines) is 2. The van der Waals surface area contributed by atoms with E-state index in [0.717, 1.165) is 32.2 Å². The standard InChI is InChI=1S/C20H30N4O4/c1-15(2)5-10-24-14-20(8-4-17(24)26)7-3-9-23(13-20)18(27)12-22-11-6-16(25)21-19(22)28/h6,11,15H,3-5,7-10,12-14H2,1-2H3,(H,21,25,28)/t20-/m1/s1.